The number of carbonyl (C=O) groups excluding carboxylic acids is 2. The molecule has 0 spiro atoms. The van der Waals surface area contributed by atoms with Gasteiger partial charge in [-0.3, -0.25) is 14.5 Å². The third kappa shape index (κ3) is 9.90. The number of hydrogen-bond acceptors (Lipinski definition) is 5. The number of benzene rings is 2. The van der Waals surface area contributed by atoms with Crippen LogP contribution < -0.4 is 4.74 Å². The number of thioether (sulfide) groups is 1. The van der Waals surface area contributed by atoms with Crippen molar-refractivity contribution >= 4 is 29.7 Å². The van der Waals surface area contributed by atoms with Gasteiger partial charge in [-0.25, -0.2) is 0 Å². The summed E-state index contributed by atoms with van der Waals surface area (Å²) in [6.45, 7) is 11.5. The molecule has 2 amide bonds. The van der Waals surface area contributed by atoms with Crippen molar-refractivity contribution in [2.24, 2.45) is 5.41 Å². The lowest BCUT2D eigenvalue weighted by molar-refractivity contribution is -0.132. The van der Waals surface area contributed by atoms with Crippen molar-refractivity contribution in [3.8, 4) is 5.75 Å². The molecule has 1 aliphatic rings. The number of nitrogens with zero attached hydrogens (tertiary/aromatic N) is 3. The summed E-state index contributed by atoms with van der Waals surface area (Å²) in [5, 5.41) is 0. The van der Waals surface area contributed by atoms with E-state index in [0.717, 1.165) is 48.9 Å². The number of methoxy groups -OCH3 is 1. The fourth-order valence-electron chi connectivity index (χ4n) is 4.23. The molecular weight excluding hydrogens is 482 g/mol. The Morgan fingerprint density at radius 3 is 2.35 bits per heavy atom. The van der Waals surface area contributed by atoms with Crippen LogP contribution >= 0.6 is 11.8 Å². The molecule has 0 radical (unpaired) electrons. The molecule has 3 rings (SSSR count). The van der Waals surface area contributed by atoms with Crippen molar-refractivity contribution in [3.63, 3.8) is 0 Å². The molecule has 0 saturated carbocycles. The molecule has 200 valence electrons. The SMILES string of the molecule is COc1ccccc1/C=C/CN(CCN1CCN(C(=O)CSc2ccccc2)CC1)C(=O)CC(C)(C)C. The molecular formula is C30H41N3O3S. The molecule has 0 aliphatic carbocycles. The second-order valence-corrected chi connectivity index (χ2v) is 11.6. The molecule has 0 atom stereocenters. The van der Waals surface area contributed by atoms with Crippen LogP contribution in [0.1, 0.15) is 32.8 Å². The van der Waals surface area contributed by atoms with Crippen LogP contribution in [0.15, 0.2) is 65.6 Å². The van der Waals surface area contributed by atoms with Gasteiger partial charge in [0.15, 0.2) is 0 Å². The Bertz CT molecular complexity index is 1030. The minimum absolute atomic E-state index is 0.0640. The van der Waals surface area contributed by atoms with Crippen LogP contribution in [-0.4, -0.2) is 85.2 Å². The summed E-state index contributed by atoms with van der Waals surface area (Å²) in [6, 6.07) is 17.9. The standard InChI is InChI=1S/C30H41N3O3S/c1-30(2,3)23-28(34)32(16-10-12-25-11-8-9-15-27(25)36-4)20-17-31-18-21-33(22-19-31)29(35)24-37-26-13-6-5-7-14-26/h5-15H,16-24H2,1-4H3/b12-10+. The molecule has 7 heteroatoms. The van der Waals surface area contributed by atoms with Gasteiger partial charge < -0.3 is 14.5 Å². The van der Waals surface area contributed by atoms with Gasteiger partial charge in [-0.2, -0.15) is 0 Å². The lowest BCUT2D eigenvalue weighted by Crippen LogP contribution is -2.51. The van der Waals surface area contributed by atoms with Crippen LogP contribution in [0.2, 0.25) is 0 Å². The molecule has 2 aromatic carbocycles. The minimum atomic E-state index is -0.0640. The summed E-state index contributed by atoms with van der Waals surface area (Å²) >= 11 is 1.59. The first kappa shape index (κ1) is 28.8. The fraction of sp³-hybridized carbons (Fsp3) is 0.467. The summed E-state index contributed by atoms with van der Waals surface area (Å²) in [6.07, 6.45) is 4.57. The van der Waals surface area contributed by atoms with E-state index in [9.17, 15) is 9.59 Å². The zero-order valence-electron chi connectivity index (χ0n) is 22.7. The van der Waals surface area contributed by atoms with Crippen LogP contribution in [0.4, 0.5) is 0 Å². The van der Waals surface area contributed by atoms with Crippen molar-refractivity contribution < 1.29 is 14.3 Å². The highest BCUT2D eigenvalue weighted by Crippen LogP contribution is 2.21. The van der Waals surface area contributed by atoms with E-state index in [1.807, 2.05) is 76.5 Å². The van der Waals surface area contributed by atoms with E-state index < -0.39 is 0 Å². The van der Waals surface area contributed by atoms with Gasteiger partial charge in [0, 0.05) is 62.7 Å². The van der Waals surface area contributed by atoms with Crippen LogP contribution in [0.3, 0.4) is 0 Å². The van der Waals surface area contributed by atoms with Crippen LogP contribution in [0.5, 0.6) is 5.75 Å². The number of rotatable bonds is 11. The number of amides is 2. The van der Waals surface area contributed by atoms with E-state index >= 15 is 0 Å². The van der Waals surface area contributed by atoms with E-state index in [0.29, 0.717) is 25.3 Å². The van der Waals surface area contributed by atoms with E-state index in [4.69, 9.17) is 4.74 Å². The Labute approximate surface area is 226 Å². The minimum Gasteiger partial charge on any atom is -0.496 e. The molecule has 1 fully saturated rings. The molecule has 1 saturated heterocycles. The Balaban J connectivity index is 1.50. The topological polar surface area (TPSA) is 53.1 Å². The maximum atomic E-state index is 13.1. The maximum Gasteiger partial charge on any atom is 0.233 e. The highest BCUT2D eigenvalue weighted by atomic mass is 32.2. The average Bonchev–Trinajstić information content (AvgIpc) is 2.89. The van der Waals surface area contributed by atoms with Gasteiger partial charge in [0.25, 0.3) is 0 Å². The zero-order valence-corrected chi connectivity index (χ0v) is 23.5. The Morgan fingerprint density at radius 1 is 1.00 bits per heavy atom. The Kier molecular flexibility index (Phi) is 11.1. The summed E-state index contributed by atoms with van der Waals surface area (Å²) in [7, 11) is 1.67. The first-order chi connectivity index (χ1) is 17.7. The van der Waals surface area contributed by atoms with Crippen LogP contribution in [0.25, 0.3) is 6.08 Å². The fourth-order valence-corrected chi connectivity index (χ4v) is 5.05. The maximum absolute atomic E-state index is 13.1. The van der Waals surface area contributed by atoms with Crippen molar-refractivity contribution in [2.45, 2.75) is 32.1 Å². The normalized spacial score (nSPS) is 14.6. The largest absolute Gasteiger partial charge is 0.496 e. The van der Waals surface area contributed by atoms with Crippen LogP contribution in [0, 0.1) is 5.41 Å². The number of para-hydroxylation sites is 1. The Hall–Kier alpha value is -2.77. The average molecular weight is 524 g/mol. The number of piperazine rings is 1. The first-order valence-electron chi connectivity index (χ1n) is 13.0. The van der Waals surface area contributed by atoms with Gasteiger partial charge in [0.2, 0.25) is 11.8 Å². The third-order valence-corrected chi connectivity index (χ3v) is 7.31. The smallest absolute Gasteiger partial charge is 0.233 e. The number of ether oxygens (including phenoxy) is 1. The van der Waals surface area contributed by atoms with Crippen molar-refractivity contribution in [2.75, 3.05) is 58.7 Å². The zero-order chi connectivity index (χ0) is 26.7. The van der Waals surface area contributed by atoms with Crippen LogP contribution in [-0.2, 0) is 9.59 Å². The summed E-state index contributed by atoms with van der Waals surface area (Å²) < 4.78 is 5.44. The lowest BCUT2D eigenvalue weighted by Gasteiger charge is -2.36. The predicted molar refractivity (Wildman–Crippen MR) is 153 cm³/mol. The molecule has 6 nitrogen and oxygen atoms in total. The van der Waals surface area contributed by atoms with Crippen molar-refractivity contribution in [1.82, 2.24) is 14.7 Å². The molecule has 0 bridgehead atoms. The summed E-state index contributed by atoms with van der Waals surface area (Å²) in [4.78, 5) is 33.2. The van der Waals surface area contributed by atoms with Gasteiger partial charge in [-0.05, 0) is 23.6 Å². The van der Waals surface area contributed by atoms with E-state index in [2.05, 4.69) is 25.7 Å². The molecule has 2 aromatic rings. The lowest BCUT2D eigenvalue weighted by atomic mass is 9.91. The monoisotopic (exact) mass is 523 g/mol. The third-order valence-electron chi connectivity index (χ3n) is 6.31. The summed E-state index contributed by atoms with van der Waals surface area (Å²) in [5.41, 5.74) is 0.935. The van der Waals surface area contributed by atoms with E-state index in [-0.39, 0.29) is 17.2 Å². The van der Waals surface area contributed by atoms with Gasteiger partial charge >= 0.3 is 0 Å². The van der Waals surface area contributed by atoms with Crippen molar-refractivity contribution in [3.05, 3.63) is 66.2 Å². The number of hydrogen-bond donors (Lipinski definition) is 0. The molecule has 0 unspecified atom stereocenters. The molecule has 1 aliphatic heterocycles. The van der Waals surface area contributed by atoms with Gasteiger partial charge in [0.1, 0.15) is 5.75 Å². The van der Waals surface area contributed by atoms with Crippen molar-refractivity contribution in [1.29, 1.82) is 0 Å². The molecule has 37 heavy (non-hydrogen) atoms. The molecule has 0 aromatic heterocycles. The first-order valence-corrected chi connectivity index (χ1v) is 14.0. The second-order valence-electron chi connectivity index (χ2n) is 10.5. The highest BCUT2D eigenvalue weighted by Gasteiger charge is 2.24. The van der Waals surface area contributed by atoms with Gasteiger partial charge in [-0.15, -0.1) is 11.8 Å². The van der Waals surface area contributed by atoms with E-state index in [1.165, 1.54) is 0 Å². The number of carbonyl (C=O) groups is 2. The van der Waals surface area contributed by atoms with Gasteiger partial charge in [-0.1, -0.05) is 69.3 Å². The quantitative estimate of drug-likeness (QED) is 0.392. The Morgan fingerprint density at radius 2 is 1.68 bits per heavy atom. The summed E-state index contributed by atoms with van der Waals surface area (Å²) in [5.74, 6) is 1.65. The van der Waals surface area contributed by atoms with Gasteiger partial charge in [0.05, 0.1) is 12.9 Å². The second kappa shape index (κ2) is 14.2. The highest BCUT2D eigenvalue weighted by molar-refractivity contribution is 8.00. The van der Waals surface area contributed by atoms with E-state index in [1.54, 1.807) is 18.9 Å². The molecule has 1 heterocycles. The molecule has 0 N–H and O–H groups in total. The predicted octanol–water partition coefficient (Wildman–Crippen LogP) is 4.91.